The lowest BCUT2D eigenvalue weighted by Crippen LogP contribution is -2.10. The van der Waals surface area contributed by atoms with Crippen molar-refractivity contribution in [2.24, 2.45) is 0 Å². The molecule has 0 saturated carbocycles. The van der Waals surface area contributed by atoms with Gasteiger partial charge in [0.15, 0.2) is 0 Å². The predicted octanol–water partition coefficient (Wildman–Crippen LogP) is 17.6. The zero-order chi connectivity index (χ0) is 44.3. The van der Waals surface area contributed by atoms with Gasteiger partial charge < -0.3 is 9.47 Å². The summed E-state index contributed by atoms with van der Waals surface area (Å²) in [5.41, 5.74) is 22.1. The number of aromatic nitrogens is 1. The molecule has 0 saturated heterocycles. The standard InChI is InChI=1S/C65H44N2/c1-3-15-45(16-4-1)55-25-14-28-58-61-43-54(40-35-50(61)42-62(55)58)66(52-38-33-47(34-39-52)57-27-13-20-48-19-12-26-56(65(48)57)46-17-5-2-6-18-46)51-36-31-44(32-37-51)49-21-11-22-53(41-49)67-63-29-9-7-23-59(63)60-24-8-10-30-64(60)67/h1-41,43H,42H2. The molecule has 0 N–H and O–H groups in total. The first kappa shape index (κ1) is 38.7. The van der Waals surface area contributed by atoms with Crippen LogP contribution in [-0.4, -0.2) is 4.57 Å². The second-order valence-corrected chi connectivity index (χ2v) is 17.6. The van der Waals surface area contributed by atoms with E-state index < -0.39 is 0 Å². The molecule has 1 aliphatic rings. The van der Waals surface area contributed by atoms with Crippen molar-refractivity contribution in [2.45, 2.75) is 6.42 Å². The SMILES string of the molecule is c1ccc(-c2cccc3c2Cc2ccc(N(c4ccc(-c5cccc(-n6c7ccccc7c7ccccc76)c5)cc4)c4ccc(-c5cccc6cccc(-c7ccccc7)c56)cc4)cc2-3)cc1. The van der Waals surface area contributed by atoms with Gasteiger partial charge in [-0.3, -0.25) is 0 Å². The van der Waals surface area contributed by atoms with Crippen LogP contribution in [0.1, 0.15) is 11.1 Å². The Balaban J connectivity index is 0.914. The summed E-state index contributed by atoms with van der Waals surface area (Å²) in [6.45, 7) is 0. The maximum atomic E-state index is 2.42. The van der Waals surface area contributed by atoms with Crippen molar-refractivity contribution in [1.82, 2.24) is 4.57 Å². The minimum atomic E-state index is 0.920. The van der Waals surface area contributed by atoms with Crippen LogP contribution in [0.2, 0.25) is 0 Å². The molecule has 0 fully saturated rings. The quantitative estimate of drug-likeness (QED) is 0.148. The summed E-state index contributed by atoms with van der Waals surface area (Å²) >= 11 is 0. The Bertz CT molecular complexity index is 3750. The second-order valence-electron chi connectivity index (χ2n) is 17.6. The summed E-state index contributed by atoms with van der Waals surface area (Å²) in [4.78, 5) is 2.42. The van der Waals surface area contributed by atoms with Gasteiger partial charge in [0.05, 0.1) is 11.0 Å². The van der Waals surface area contributed by atoms with Gasteiger partial charge in [-0.15, -0.1) is 0 Å². The van der Waals surface area contributed by atoms with Crippen LogP contribution < -0.4 is 4.90 Å². The third-order valence-electron chi connectivity index (χ3n) is 13.8. The molecule has 12 aromatic rings. The van der Waals surface area contributed by atoms with E-state index in [1.54, 1.807) is 0 Å². The minimum Gasteiger partial charge on any atom is -0.310 e. The molecular formula is C65H44N2. The minimum absolute atomic E-state index is 0.920. The molecule has 2 heteroatoms. The van der Waals surface area contributed by atoms with E-state index in [4.69, 9.17) is 0 Å². The van der Waals surface area contributed by atoms with Crippen LogP contribution in [0.5, 0.6) is 0 Å². The molecule has 0 unspecified atom stereocenters. The highest BCUT2D eigenvalue weighted by Crippen LogP contribution is 2.46. The van der Waals surface area contributed by atoms with Crippen LogP contribution >= 0.6 is 0 Å². The molecule has 2 nitrogen and oxygen atoms in total. The van der Waals surface area contributed by atoms with Gasteiger partial charge >= 0.3 is 0 Å². The van der Waals surface area contributed by atoms with Crippen molar-refractivity contribution >= 4 is 49.6 Å². The summed E-state index contributed by atoms with van der Waals surface area (Å²) in [5.74, 6) is 0. The van der Waals surface area contributed by atoms with Crippen LogP contribution in [0.25, 0.3) is 93.9 Å². The smallest absolute Gasteiger partial charge is 0.0541 e. The van der Waals surface area contributed by atoms with E-state index in [0.29, 0.717) is 0 Å². The molecule has 11 aromatic carbocycles. The number of rotatable bonds is 8. The highest BCUT2D eigenvalue weighted by Gasteiger charge is 2.24. The molecule has 0 radical (unpaired) electrons. The van der Waals surface area contributed by atoms with Crippen LogP contribution in [0.15, 0.2) is 255 Å². The first-order valence-electron chi connectivity index (χ1n) is 23.2. The molecule has 0 atom stereocenters. The molecule has 1 aliphatic carbocycles. The van der Waals surface area contributed by atoms with E-state index in [1.807, 2.05) is 0 Å². The Morgan fingerprint density at radius 1 is 0.313 bits per heavy atom. The van der Waals surface area contributed by atoms with Crippen molar-refractivity contribution in [3.8, 4) is 61.3 Å². The third kappa shape index (κ3) is 6.65. The lowest BCUT2D eigenvalue weighted by atomic mass is 9.91. The lowest BCUT2D eigenvalue weighted by molar-refractivity contribution is 1.18. The fraction of sp³-hybridized carbons (Fsp3) is 0.0154. The van der Waals surface area contributed by atoms with Gasteiger partial charge in [-0.25, -0.2) is 0 Å². The number of anilines is 3. The molecule has 0 amide bonds. The maximum Gasteiger partial charge on any atom is 0.0541 e. The Morgan fingerprint density at radius 3 is 1.46 bits per heavy atom. The van der Waals surface area contributed by atoms with E-state index >= 15 is 0 Å². The molecule has 1 aromatic heterocycles. The number of hydrogen-bond acceptors (Lipinski definition) is 1. The van der Waals surface area contributed by atoms with Crippen molar-refractivity contribution < 1.29 is 0 Å². The van der Waals surface area contributed by atoms with Crippen LogP contribution in [-0.2, 0) is 6.42 Å². The molecule has 0 bridgehead atoms. The van der Waals surface area contributed by atoms with Crippen molar-refractivity contribution in [3.63, 3.8) is 0 Å². The molecule has 314 valence electrons. The van der Waals surface area contributed by atoms with E-state index in [9.17, 15) is 0 Å². The van der Waals surface area contributed by atoms with Crippen molar-refractivity contribution in [2.75, 3.05) is 4.90 Å². The maximum absolute atomic E-state index is 2.42. The van der Waals surface area contributed by atoms with E-state index in [2.05, 4.69) is 264 Å². The highest BCUT2D eigenvalue weighted by atomic mass is 15.1. The van der Waals surface area contributed by atoms with Crippen LogP contribution in [0.3, 0.4) is 0 Å². The Labute approximate surface area is 390 Å². The summed E-state index contributed by atoms with van der Waals surface area (Å²) in [7, 11) is 0. The Kier molecular flexibility index (Phi) is 9.28. The van der Waals surface area contributed by atoms with E-state index in [0.717, 1.165) is 29.2 Å². The average Bonchev–Trinajstić information content (AvgIpc) is 3.95. The molecular weight excluding hydrogens is 809 g/mol. The number of benzene rings is 11. The largest absolute Gasteiger partial charge is 0.310 e. The Morgan fingerprint density at radius 2 is 0.806 bits per heavy atom. The van der Waals surface area contributed by atoms with E-state index in [1.165, 1.54) is 99.3 Å². The zero-order valence-electron chi connectivity index (χ0n) is 36.9. The zero-order valence-corrected chi connectivity index (χ0v) is 36.9. The van der Waals surface area contributed by atoms with Crippen LogP contribution in [0, 0.1) is 0 Å². The monoisotopic (exact) mass is 852 g/mol. The van der Waals surface area contributed by atoms with Gasteiger partial charge in [0.1, 0.15) is 0 Å². The first-order valence-corrected chi connectivity index (χ1v) is 23.2. The molecule has 1 heterocycles. The fourth-order valence-corrected chi connectivity index (χ4v) is 10.7. The average molecular weight is 853 g/mol. The van der Waals surface area contributed by atoms with Gasteiger partial charge in [-0.05, 0) is 145 Å². The van der Waals surface area contributed by atoms with Crippen molar-refractivity contribution in [1.29, 1.82) is 0 Å². The van der Waals surface area contributed by atoms with Gasteiger partial charge in [0.25, 0.3) is 0 Å². The topological polar surface area (TPSA) is 8.17 Å². The fourth-order valence-electron chi connectivity index (χ4n) is 10.7. The van der Waals surface area contributed by atoms with Gasteiger partial charge in [-0.1, -0.05) is 194 Å². The molecule has 67 heavy (non-hydrogen) atoms. The Hall–Kier alpha value is -8.72. The van der Waals surface area contributed by atoms with E-state index in [-0.39, 0.29) is 0 Å². The van der Waals surface area contributed by atoms with Gasteiger partial charge in [0.2, 0.25) is 0 Å². The first-order chi connectivity index (χ1) is 33.2. The number of nitrogens with zero attached hydrogens (tertiary/aromatic N) is 2. The molecule has 13 rings (SSSR count). The highest BCUT2D eigenvalue weighted by molar-refractivity contribution is 6.09. The number of fused-ring (bicyclic) bond motifs is 7. The summed E-state index contributed by atoms with van der Waals surface area (Å²) < 4.78 is 2.39. The number of para-hydroxylation sites is 2. The normalized spacial score (nSPS) is 11.8. The van der Waals surface area contributed by atoms with Crippen LogP contribution in [0.4, 0.5) is 17.1 Å². The van der Waals surface area contributed by atoms with Gasteiger partial charge in [-0.2, -0.15) is 0 Å². The van der Waals surface area contributed by atoms with Crippen molar-refractivity contribution in [3.05, 3.63) is 266 Å². The lowest BCUT2D eigenvalue weighted by Gasteiger charge is -2.27. The van der Waals surface area contributed by atoms with Gasteiger partial charge in [0, 0.05) is 33.5 Å². The summed E-state index contributed by atoms with van der Waals surface area (Å²) in [6.07, 6.45) is 0.920. The number of hydrogen-bond donors (Lipinski definition) is 0. The third-order valence-corrected chi connectivity index (χ3v) is 13.8. The predicted molar refractivity (Wildman–Crippen MR) is 283 cm³/mol. The molecule has 0 aliphatic heterocycles. The molecule has 0 spiro atoms. The summed E-state index contributed by atoms with van der Waals surface area (Å²) in [5, 5.41) is 5.04. The summed E-state index contributed by atoms with van der Waals surface area (Å²) in [6, 6.07) is 93.3. The second kappa shape index (κ2) is 16.1.